The molecular formula is C16H22N2OS. The topological polar surface area (TPSA) is 32.3 Å². The first-order valence-corrected chi connectivity index (χ1v) is 8.47. The lowest BCUT2D eigenvalue weighted by Gasteiger charge is -2.28. The summed E-state index contributed by atoms with van der Waals surface area (Å²) in [7, 11) is 1.98. The first-order chi connectivity index (χ1) is 9.79. The summed E-state index contributed by atoms with van der Waals surface area (Å²) in [4.78, 5) is 14.9. The van der Waals surface area contributed by atoms with E-state index in [2.05, 4.69) is 34.5 Å². The van der Waals surface area contributed by atoms with Crippen molar-refractivity contribution in [2.75, 3.05) is 32.4 Å². The van der Waals surface area contributed by atoms with Crippen LogP contribution in [-0.4, -0.2) is 43.2 Å². The second kappa shape index (κ2) is 6.19. The third-order valence-electron chi connectivity index (χ3n) is 4.31. The monoisotopic (exact) mass is 290 g/mol. The lowest BCUT2D eigenvalue weighted by molar-refractivity contribution is -0.129. The summed E-state index contributed by atoms with van der Waals surface area (Å²) in [6.45, 7) is 2.85. The molecule has 1 N–H and O–H groups in total. The molecule has 4 heteroatoms. The van der Waals surface area contributed by atoms with Crippen molar-refractivity contribution in [3.8, 4) is 0 Å². The molecule has 0 aliphatic carbocycles. The highest BCUT2D eigenvalue weighted by Gasteiger charge is 2.33. The maximum absolute atomic E-state index is 12.8. The van der Waals surface area contributed by atoms with Crippen LogP contribution in [0.1, 0.15) is 22.8 Å². The van der Waals surface area contributed by atoms with Crippen molar-refractivity contribution in [2.45, 2.75) is 18.1 Å². The summed E-state index contributed by atoms with van der Waals surface area (Å²) in [6.07, 6.45) is 2.22. The second-order valence-corrected chi connectivity index (χ2v) is 6.91. The molecule has 1 saturated heterocycles. The van der Waals surface area contributed by atoms with Crippen LogP contribution in [0.5, 0.6) is 0 Å². The highest BCUT2D eigenvalue weighted by Crippen LogP contribution is 2.38. The van der Waals surface area contributed by atoms with E-state index in [1.807, 2.05) is 18.8 Å². The Morgan fingerprint density at radius 2 is 2.30 bits per heavy atom. The number of rotatable bonds is 3. The number of carbonyl (C=O) groups is 1. The van der Waals surface area contributed by atoms with Gasteiger partial charge in [0.1, 0.15) is 5.25 Å². The Morgan fingerprint density at radius 3 is 3.15 bits per heavy atom. The summed E-state index contributed by atoms with van der Waals surface area (Å²) < 4.78 is 0. The molecule has 1 fully saturated rings. The van der Waals surface area contributed by atoms with Gasteiger partial charge < -0.3 is 10.2 Å². The molecule has 0 radical (unpaired) electrons. The third-order valence-corrected chi connectivity index (χ3v) is 5.54. The molecule has 0 bridgehead atoms. The van der Waals surface area contributed by atoms with Crippen LogP contribution in [0, 0.1) is 5.92 Å². The fourth-order valence-electron chi connectivity index (χ4n) is 3.25. The SMILES string of the molecule is CNC[C@H]1CCN(C(=O)[C@H]2SCCc3ccccc32)C1. The van der Waals surface area contributed by atoms with Crippen LogP contribution in [0.4, 0.5) is 0 Å². The molecular weight excluding hydrogens is 268 g/mol. The molecule has 2 aliphatic heterocycles. The van der Waals surface area contributed by atoms with E-state index in [1.165, 1.54) is 11.1 Å². The van der Waals surface area contributed by atoms with Gasteiger partial charge in [-0.15, -0.1) is 11.8 Å². The van der Waals surface area contributed by atoms with Gasteiger partial charge in [-0.05, 0) is 49.2 Å². The molecule has 3 nitrogen and oxygen atoms in total. The molecule has 0 unspecified atom stereocenters. The molecule has 2 aliphatic rings. The fraction of sp³-hybridized carbons (Fsp3) is 0.562. The number of fused-ring (bicyclic) bond motifs is 1. The van der Waals surface area contributed by atoms with Crippen molar-refractivity contribution in [1.82, 2.24) is 10.2 Å². The number of hydrogen-bond acceptors (Lipinski definition) is 3. The number of likely N-dealkylation sites (tertiary alicyclic amines) is 1. The zero-order valence-electron chi connectivity index (χ0n) is 12.0. The van der Waals surface area contributed by atoms with Crippen molar-refractivity contribution < 1.29 is 4.79 Å². The van der Waals surface area contributed by atoms with Crippen molar-refractivity contribution in [3.63, 3.8) is 0 Å². The summed E-state index contributed by atoms with van der Waals surface area (Å²) in [5, 5.41) is 3.24. The van der Waals surface area contributed by atoms with Gasteiger partial charge >= 0.3 is 0 Å². The van der Waals surface area contributed by atoms with Crippen LogP contribution in [0.2, 0.25) is 0 Å². The Labute approximate surface area is 125 Å². The number of nitrogens with one attached hydrogen (secondary N) is 1. The van der Waals surface area contributed by atoms with Crippen LogP contribution in [-0.2, 0) is 11.2 Å². The van der Waals surface area contributed by atoms with E-state index < -0.39 is 0 Å². The zero-order chi connectivity index (χ0) is 13.9. The second-order valence-electron chi connectivity index (χ2n) is 5.70. The molecule has 0 saturated carbocycles. The third kappa shape index (κ3) is 2.72. The van der Waals surface area contributed by atoms with Crippen LogP contribution < -0.4 is 5.32 Å². The molecule has 1 aromatic rings. The number of hydrogen-bond donors (Lipinski definition) is 1. The summed E-state index contributed by atoms with van der Waals surface area (Å²) >= 11 is 1.81. The predicted octanol–water partition coefficient (Wildman–Crippen LogP) is 2.08. The fourth-order valence-corrected chi connectivity index (χ4v) is 4.53. The van der Waals surface area contributed by atoms with Gasteiger partial charge in [-0.25, -0.2) is 0 Å². The Hall–Kier alpha value is -1.00. The lowest BCUT2D eigenvalue weighted by atomic mass is 10.0. The normalized spacial score (nSPS) is 25.6. The highest BCUT2D eigenvalue weighted by atomic mass is 32.2. The number of thioether (sulfide) groups is 1. The lowest BCUT2D eigenvalue weighted by Crippen LogP contribution is -2.34. The number of aryl methyl sites for hydroxylation is 1. The molecule has 3 rings (SSSR count). The number of benzene rings is 1. The summed E-state index contributed by atoms with van der Waals surface area (Å²) in [5.41, 5.74) is 2.60. The molecule has 108 valence electrons. The molecule has 20 heavy (non-hydrogen) atoms. The minimum absolute atomic E-state index is 0.0216. The van der Waals surface area contributed by atoms with Gasteiger partial charge in [0.15, 0.2) is 0 Å². The molecule has 1 amide bonds. The molecule has 1 aromatic carbocycles. The van der Waals surface area contributed by atoms with Gasteiger partial charge in [-0.1, -0.05) is 24.3 Å². The number of amides is 1. The highest BCUT2D eigenvalue weighted by molar-refractivity contribution is 8.00. The van der Waals surface area contributed by atoms with Gasteiger partial charge in [0.05, 0.1) is 0 Å². The van der Waals surface area contributed by atoms with E-state index in [0.29, 0.717) is 11.8 Å². The van der Waals surface area contributed by atoms with Crippen molar-refractivity contribution >= 4 is 17.7 Å². The summed E-state index contributed by atoms with van der Waals surface area (Å²) in [6, 6.07) is 8.43. The van der Waals surface area contributed by atoms with Crippen LogP contribution in [0.3, 0.4) is 0 Å². The predicted molar refractivity (Wildman–Crippen MR) is 84.0 cm³/mol. The molecule has 0 aromatic heterocycles. The Balaban J connectivity index is 1.73. The Bertz CT molecular complexity index is 491. The molecule has 2 atom stereocenters. The average Bonchev–Trinajstić information content (AvgIpc) is 2.95. The van der Waals surface area contributed by atoms with Crippen LogP contribution in [0.25, 0.3) is 0 Å². The standard InChI is InChI=1S/C16H22N2OS/c1-17-10-12-6-8-18(11-12)16(19)15-14-5-3-2-4-13(14)7-9-20-15/h2-5,12,15,17H,6-11H2,1H3/t12-,15+/m1/s1. The van der Waals surface area contributed by atoms with Crippen molar-refractivity contribution in [1.29, 1.82) is 0 Å². The molecule has 0 spiro atoms. The van der Waals surface area contributed by atoms with Gasteiger partial charge in [0, 0.05) is 13.1 Å². The minimum atomic E-state index is 0.0216. The largest absolute Gasteiger partial charge is 0.341 e. The van der Waals surface area contributed by atoms with E-state index in [0.717, 1.165) is 38.2 Å². The van der Waals surface area contributed by atoms with E-state index >= 15 is 0 Å². The molecule has 2 heterocycles. The van der Waals surface area contributed by atoms with E-state index in [4.69, 9.17) is 0 Å². The Kier molecular flexibility index (Phi) is 4.32. The van der Waals surface area contributed by atoms with Gasteiger partial charge in [-0.2, -0.15) is 0 Å². The van der Waals surface area contributed by atoms with Crippen LogP contribution >= 0.6 is 11.8 Å². The van der Waals surface area contributed by atoms with E-state index in [1.54, 1.807) is 0 Å². The van der Waals surface area contributed by atoms with E-state index in [-0.39, 0.29) is 5.25 Å². The van der Waals surface area contributed by atoms with Crippen molar-refractivity contribution in [2.24, 2.45) is 5.92 Å². The smallest absolute Gasteiger partial charge is 0.240 e. The minimum Gasteiger partial charge on any atom is -0.341 e. The number of nitrogens with zero attached hydrogens (tertiary/aromatic N) is 1. The van der Waals surface area contributed by atoms with Crippen LogP contribution in [0.15, 0.2) is 24.3 Å². The van der Waals surface area contributed by atoms with Crippen molar-refractivity contribution in [3.05, 3.63) is 35.4 Å². The Morgan fingerprint density at radius 1 is 1.45 bits per heavy atom. The maximum Gasteiger partial charge on any atom is 0.240 e. The number of carbonyl (C=O) groups excluding carboxylic acids is 1. The van der Waals surface area contributed by atoms with Gasteiger partial charge in [0.25, 0.3) is 0 Å². The average molecular weight is 290 g/mol. The first-order valence-electron chi connectivity index (χ1n) is 7.42. The van der Waals surface area contributed by atoms with E-state index in [9.17, 15) is 4.79 Å². The summed E-state index contributed by atoms with van der Waals surface area (Å²) in [5.74, 6) is 2.00. The van der Waals surface area contributed by atoms with Gasteiger partial charge in [-0.3, -0.25) is 4.79 Å². The zero-order valence-corrected chi connectivity index (χ0v) is 12.8. The maximum atomic E-state index is 12.8. The quantitative estimate of drug-likeness (QED) is 0.925. The van der Waals surface area contributed by atoms with Gasteiger partial charge in [0.2, 0.25) is 5.91 Å². The first kappa shape index (κ1) is 14.0.